The molecule has 5 nitrogen and oxygen atoms in total. The molecular formula is C17H11N3O2. The molecule has 0 spiro atoms. The third-order valence-corrected chi connectivity index (χ3v) is 3.21. The van der Waals surface area contributed by atoms with Crippen molar-refractivity contribution in [3.8, 4) is 6.07 Å². The lowest BCUT2D eigenvalue weighted by Gasteiger charge is -2.06. The Morgan fingerprint density at radius 3 is 2.73 bits per heavy atom. The Labute approximate surface area is 126 Å². The monoisotopic (exact) mass is 289 g/mol. The van der Waals surface area contributed by atoms with Gasteiger partial charge in [0.05, 0.1) is 22.7 Å². The normalized spacial score (nSPS) is 10.1. The van der Waals surface area contributed by atoms with E-state index < -0.39 is 5.97 Å². The van der Waals surface area contributed by atoms with Crippen molar-refractivity contribution in [2.45, 2.75) is 6.61 Å². The predicted octanol–water partition coefficient (Wildman–Crippen LogP) is 2.86. The zero-order valence-corrected chi connectivity index (χ0v) is 11.6. The number of benzene rings is 1. The van der Waals surface area contributed by atoms with Crippen LogP contribution in [-0.2, 0) is 11.3 Å². The number of carbonyl (C=O) groups is 1. The highest BCUT2D eigenvalue weighted by Crippen LogP contribution is 2.18. The highest BCUT2D eigenvalue weighted by Gasteiger charge is 2.08. The molecule has 106 valence electrons. The Morgan fingerprint density at radius 1 is 1.14 bits per heavy atom. The number of ether oxygens (including phenoxy) is 1. The first-order chi connectivity index (χ1) is 10.8. The third kappa shape index (κ3) is 2.76. The van der Waals surface area contributed by atoms with Crippen LogP contribution < -0.4 is 0 Å². The maximum Gasteiger partial charge on any atom is 0.338 e. The van der Waals surface area contributed by atoms with Gasteiger partial charge in [-0.15, -0.1) is 0 Å². The van der Waals surface area contributed by atoms with E-state index in [2.05, 4.69) is 16.0 Å². The molecule has 0 atom stereocenters. The van der Waals surface area contributed by atoms with Gasteiger partial charge < -0.3 is 4.74 Å². The number of esters is 1. The number of aromatic nitrogens is 2. The Morgan fingerprint density at radius 2 is 1.95 bits per heavy atom. The van der Waals surface area contributed by atoms with Gasteiger partial charge in [0.15, 0.2) is 0 Å². The van der Waals surface area contributed by atoms with Crippen LogP contribution in [0.15, 0.2) is 55.0 Å². The molecule has 0 amide bonds. The number of rotatable bonds is 3. The van der Waals surface area contributed by atoms with Crippen molar-refractivity contribution in [1.82, 2.24) is 9.97 Å². The van der Waals surface area contributed by atoms with Crippen LogP contribution >= 0.6 is 0 Å². The first-order valence-electron chi connectivity index (χ1n) is 6.63. The molecule has 2 heterocycles. The average molecular weight is 289 g/mol. The molecule has 0 bridgehead atoms. The Balaban J connectivity index is 1.80. The fourth-order valence-corrected chi connectivity index (χ4v) is 2.10. The number of pyridine rings is 2. The van der Waals surface area contributed by atoms with E-state index in [0.717, 1.165) is 16.5 Å². The summed E-state index contributed by atoms with van der Waals surface area (Å²) in [7, 11) is 0. The smallest absolute Gasteiger partial charge is 0.338 e. The molecule has 0 aliphatic carbocycles. The molecule has 3 rings (SSSR count). The highest BCUT2D eigenvalue weighted by atomic mass is 16.5. The second kappa shape index (κ2) is 6.02. The van der Waals surface area contributed by atoms with Crippen LogP contribution in [0.1, 0.15) is 21.5 Å². The SMILES string of the molecule is N#Cc1ccnc2ccc(COC(=O)c3ccncc3)cc12. The number of hydrogen-bond acceptors (Lipinski definition) is 5. The molecule has 22 heavy (non-hydrogen) atoms. The quantitative estimate of drug-likeness (QED) is 0.693. The zero-order valence-electron chi connectivity index (χ0n) is 11.6. The van der Waals surface area contributed by atoms with Crippen molar-refractivity contribution >= 4 is 16.9 Å². The van der Waals surface area contributed by atoms with Gasteiger partial charge in [0, 0.05) is 24.0 Å². The second-order valence-corrected chi connectivity index (χ2v) is 4.63. The van der Waals surface area contributed by atoms with Crippen molar-refractivity contribution in [2.24, 2.45) is 0 Å². The van der Waals surface area contributed by atoms with E-state index in [1.165, 1.54) is 12.4 Å². The minimum Gasteiger partial charge on any atom is -0.457 e. The first kappa shape index (κ1) is 13.7. The van der Waals surface area contributed by atoms with E-state index in [-0.39, 0.29) is 6.61 Å². The topological polar surface area (TPSA) is 75.9 Å². The van der Waals surface area contributed by atoms with E-state index in [1.54, 1.807) is 24.4 Å². The molecule has 2 aromatic heterocycles. The fourth-order valence-electron chi connectivity index (χ4n) is 2.10. The average Bonchev–Trinajstić information content (AvgIpc) is 2.59. The van der Waals surface area contributed by atoms with Crippen molar-refractivity contribution in [2.75, 3.05) is 0 Å². The van der Waals surface area contributed by atoms with Crippen molar-refractivity contribution in [3.05, 3.63) is 71.7 Å². The molecule has 0 saturated carbocycles. The van der Waals surface area contributed by atoms with E-state index in [9.17, 15) is 4.79 Å². The van der Waals surface area contributed by atoms with E-state index in [4.69, 9.17) is 10.00 Å². The summed E-state index contributed by atoms with van der Waals surface area (Å²) in [6, 6.07) is 12.5. The number of carbonyl (C=O) groups excluding carboxylic acids is 1. The molecule has 0 N–H and O–H groups in total. The van der Waals surface area contributed by atoms with E-state index in [1.807, 2.05) is 18.2 Å². The van der Waals surface area contributed by atoms with Crippen LogP contribution in [0.3, 0.4) is 0 Å². The van der Waals surface area contributed by atoms with Gasteiger partial charge in [-0.05, 0) is 35.9 Å². The fraction of sp³-hybridized carbons (Fsp3) is 0.0588. The third-order valence-electron chi connectivity index (χ3n) is 3.21. The second-order valence-electron chi connectivity index (χ2n) is 4.63. The summed E-state index contributed by atoms with van der Waals surface area (Å²) in [6.07, 6.45) is 4.68. The number of fused-ring (bicyclic) bond motifs is 1. The van der Waals surface area contributed by atoms with Crippen LogP contribution in [-0.4, -0.2) is 15.9 Å². The Bertz CT molecular complexity index is 870. The maximum atomic E-state index is 11.9. The Hall–Kier alpha value is -3.26. The maximum absolute atomic E-state index is 11.9. The largest absolute Gasteiger partial charge is 0.457 e. The van der Waals surface area contributed by atoms with Gasteiger partial charge in [-0.1, -0.05) is 6.07 Å². The van der Waals surface area contributed by atoms with Gasteiger partial charge in [0.2, 0.25) is 0 Å². The number of nitrogens with zero attached hydrogens (tertiary/aromatic N) is 3. The van der Waals surface area contributed by atoms with Crippen molar-refractivity contribution < 1.29 is 9.53 Å². The lowest BCUT2D eigenvalue weighted by molar-refractivity contribution is 0.0472. The van der Waals surface area contributed by atoms with Crippen molar-refractivity contribution in [3.63, 3.8) is 0 Å². The van der Waals surface area contributed by atoms with Gasteiger partial charge in [0.25, 0.3) is 0 Å². The summed E-state index contributed by atoms with van der Waals surface area (Å²) < 4.78 is 5.27. The standard InChI is InChI=1S/C17H11N3O2/c18-10-14-5-8-20-16-2-1-12(9-15(14)16)11-22-17(21)13-3-6-19-7-4-13/h1-9H,11H2. The van der Waals surface area contributed by atoms with Gasteiger partial charge >= 0.3 is 5.97 Å². The van der Waals surface area contributed by atoms with Crippen LogP contribution in [0.2, 0.25) is 0 Å². The molecule has 0 fully saturated rings. The zero-order chi connectivity index (χ0) is 15.4. The molecule has 0 radical (unpaired) electrons. The van der Waals surface area contributed by atoms with E-state index >= 15 is 0 Å². The summed E-state index contributed by atoms with van der Waals surface area (Å²) >= 11 is 0. The summed E-state index contributed by atoms with van der Waals surface area (Å²) in [5.41, 5.74) is 2.55. The van der Waals surface area contributed by atoms with Gasteiger partial charge in [-0.2, -0.15) is 5.26 Å². The predicted molar refractivity (Wildman–Crippen MR) is 79.8 cm³/mol. The molecule has 3 aromatic rings. The molecule has 0 saturated heterocycles. The minimum atomic E-state index is -0.408. The van der Waals surface area contributed by atoms with Crippen LogP contribution in [0, 0.1) is 11.3 Å². The number of nitriles is 1. The summed E-state index contributed by atoms with van der Waals surface area (Å²) in [5.74, 6) is -0.408. The summed E-state index contributed by atoms with van der Waals surface area (Å²) in [6.45, 7) is 0.136. The summed E-state index contributed by atoms with van der Waals surface area (Å²) in [4.78, 5) is 20.0. The lowest BCUT2D eigenvalue weighted by Crippen LogP contribution is -2.05. The van der Waals surface area contributed by atoms with Crippen LogP contribution in [0.25, 0.3) is 10.9 Å². The van der Waals surface area contributed by atoms with Crippen molar-refractivity contribution in [1.29, 1.82) is 5.26 Å². The molecule has 1 aromatic carbocycles. The molecule has 0 unspecified atom stereocenters. The molecule has 5 heteroatoms. The molecule has 0 aliphatic heterocycles. The summed E-state index contributed by atoms with van der Waals surface area (Å²) in [5, 5.41) is 9.88. The number of hydrogen-bond donors (Lipinski definition) is 0. The first-order valence-corrected chi connectivity index (χ1v) is 6.63. The van der Waals surface area contributed by atoms with Gasteiger partial charge in [-0.25, -0.2) is 4.79 Å². The van der Waals surface area contributed by atoms with Crippen LogP contribution in [0.4, 0.5) is 0 Å². The minimum absolute atomic E-state index is 0.136. The lowest BCUT2D eigenvalue weighted by atomic mass is 10.1. The highest BCUT2D eigenvalue weighted by molar-refractivity contribution is 5.89. The van der Waals surface area contributed by atoms with Crippen LogP contribution in [0.5, 0.6) is 0 Å². The van der Waals surface area contributed by atoms with Gasteiger partial charge in [-0.3, -0.25) is 9.97 Å². The van der Waals surface area contributed by atoms with E-state index in [0.29, 0.717) is 11.1 Å². The Kier molecular flexibility index (Phi) is 3.75. The van der Waals surface area contributed by atoms with Gasteiger partial charge in [0.1, 0.15) is 6.61 Å². The molecular weight excluding hydrogens is 278 g/mol. The molecule has 0 aliphatic rings.